The van der Waals surface area contributed by atoms with Crippen LogP contribution in [-0.4, -0.2) is 15.7 Å². The summed E-state index contributed by atoms with van der Waals surface area (Å²) in [5.74, 6) is -0.191. The number of nitrogen functional groups attached to an aromatic ring is 1. The molecule has 5 heteroatoms. The molecule has 32 heavy (non-hydrogen) atoms. The first-order valence-corrected chi connectivity index (χ1v) is 10.4. The van der Waals surface area contributed by atoms with Crippen molar-refractivity contribution in [2.75, 3.05) is 11.1 Å². The van der Waals surface area contributed by atoms with Gasteiger partial charge in [-0.1, -0.05) is 72.8 Å². The zero-order chi connectivity index (χ0) is 21.9. The Bertz CT molecular complexity index is 1390. The molecule has 0 saturated carbocycles. The van der Waals surface area contributed by atoms with E-state index in [0.717, 1.165) is 27.7 Å². The van der Waals surface area contributed by atoms with Crippen molar-refractivity contribution in [2.45, 2.75) is 6.54 Å². The fourth-order valence-corrected chi connectivity index (χ4v) is 3.83. The summed E-state index contributed by atoms with van der Waals surface area (Å²) in [5, 5.41) is 8.81. The van der Waals surface area contributed by atoms with Crippen LogP contribution in [0.2, 0.25) is 0 Å². The number of aromatic nitrogens is 2. The molecule has 5 aromatic rings. The maximum atomic E-state index is 12.6. The summed E-state index contributed by atoms with van der Waals surface area (Å²) >= 11 is 0. The van der Waals surface area contributed by atoms with Crippen molar-refractivity contribution in [1.29, 1.82) is 0 Å². The summed E-state index contributed by atoms with van der Waals surface area (Å²) in [7, 11) is 0. The third-order valence-electron chi connectivity index (χ3n) is 5.45. The van der Waals surface area contributed by atoms with E-state index in [0.29, 0.717) is 23.5 Å². The molecule has 3 N–H and O–H groups in total. The number of hydrogen-bond acceptors (Lipinski definition) is 3. The number of anilines is 2. The van der Waals surface area contributed by atoms with E-state index in [1.807, 2.05) is 77.5 Å². The maximum Gasteiger partial charge on any atom is 0.255 e. The maximum absolute atomic E-state index is 12.6. The monoisotopic (exact) mass is 418 g/mol. The SMILES string of the molecule is Nc1ccccc1NC(=O)c1ccc(Cn2nc3ccccc3c2-c2ccccc2)cc1. The molecule has 0 radical (unpaired) electrons. The van der Waals surface area contributed by atoms with Crippen molar-refractivity contribution < 1.29 is 4.79 Å². The second-order valence-electron chi connectivity index (χ2n) is 7.63. The number of nitrogens with zero attached hydrogens (tertiary/aromatic N) is 2. The molecule has 0 aliphatic rings. The van der Waals surface area contributed by atoms with Crippen LogP contribution in [0.25, 0.3) is 22.2 Å². The van der Waals surface area contributed by atoms with E-state index in [4.69, 9.17) is 10.8 Å². The Morgan fingerprint density at radius 3 is 2.28 bits per heavy atom. The largest absolute Gasteiger partial charge is 0.397 e. The minimum Gasteiger partial charge on any atom is -0.397 e. The van der Waals surface area contributed by atoms with Gasteiger partial charge in [0.05, 0.1) is 29.1 Å². The number of carbonyl (C=O) groups is 1. The highest BCUT2D eigenvalue weighted by Gasteiger charge is 2.14. The van der Waals surface area contributed by atoms with Crippen LogP contribution in [-0.2, 0) is 6.54 Å². The molecule has 0 saturated heterocycles. The van der Waals surface area contributed by atoms with Crippen LogP contribution in [0.15, 0.2) is 103 Å². The van der Waals surface area contributed by atoms with Gasteiger partial charge in [0, 0.05) is 16.5 Å². The number of carbonyl (C=O) groups excluding carboxylic acids is 1. The molecule has 156 valence electrons. The van der Waals surface area contributed by atoms with Crippen LogP contribution >= 0.6 is 0 Å². The summed E-state index contributed by atoms with van der Waals surface area (Å²) in [6.45, 7) is 0.604. The minimum absolute atomic E-state index is 0.191. The summed E-state index contributed by atoms with van der Waals surface area (Å²) in [6, 6.07) is 33.3. The summed E-state index contributed by atoms with van der Waals surface area (Å²) in [4.78, 5) is 12.6. The fourth-order valence-electron chi connectivity index (χ4n) is 3.83. The second kappa shape index (κ2) is 8.40. The van der Waals surface area contributed by atoms with Gasteiger partial charge >= 0.3 is 0 Å². The number of rotatable bonds is 5. The number of amides is 1. The molecular formula is C27H22N4O. The number of nitrogens with two attached hydrogens (primary N) is 1. The molecule has 1 heterocycles. The number of nitrogens with one attached hydrogen (secondary N) is 1. The summed E-state index contributed by atoms with van der Waals surface area (Å²) in [5.41, 5.74) is 11.9. The standard InChI is InChI=1S/C27H22N4O/c28-23-11-5-7-13-25(23)29-27(32)21-16-14-19(15-17-21)18-31-26(20-8-2-1-3-9-20)22-10-4-6-12-24(22)30-31/h1-17H,18,28H2,(H,29,32). The van der Waals surface area contributed by atoms with E-state index in [9.17, 15) is 4.79 Å². The van der Waals surface area contributed by atoms with E-state index in [-0.39, 0.29) is 5.91 Å². The van der Waals surface area contributed by atoms with Crippen molar-refractivity contribution in [2.24, 2.45) is 0 Å². The first-order valence-electron chi connectivity index (χ1n) is 10.4. The molecule has 0 atom stereocenters. The van der Waals surface area contributed by atoms with Crippen LogP contribution in [0.4, 0.5) is 11.4 Å². The van der Waals surface area contributed by atoms with Gasteiger partial charge in [-0.3, -0.25) is 9.48 Å². The smallest absolute Gasteiger partial charge is 0.255 e. The topological polar surface area (TPSA) is 72.9 Å². The van der Waals surface area contributed by atoms with Gasteiger partial charge in [-0.2, -0.15) is 5.10 Å². The van der Waals surface area contributed by atoms with Gasteiger partial charge in [0.2, 0.25) is 0 Å². The first kappa shape index (κ1) is 19.6. The van der Waals surface area contributed by atoms with E-state index in [1.54, 1.807) is 12.1 Å². The van der Waals surface area contributed by atoms with E-state index in [1.165, 1.54) is 0 Å². The average molecular weight is 419 g/mol. The molecule has 5 nitrogen and oxygen atoms in total. The van der Waals surface area contributed by atoms with Gasteiger partial charge in [-0.15, -0.1) is 0 Å². The van der Waals surface area contributed by atoms with Gasteiger partial charge in [0.15, 0.2) is 0 Å². The quantitative estimate of drug-likeness (QED) is 0.366. The summed E-state index contributed by atoms with van der Waals surface area (Å²) in [6.07, 6.45) is 0. The first-order chi connectivity index (χ1) is 15.7. The Morgan fingerprint density at radius 2 is 1.50 bits per heavy atom. The van der Waals surface area contributed by atoms with E-state index >= 15 is 0 Å². The van der Waals surface area contributed by atoms with Crippen LogP contribution in [0.5, 0.6) is 0 Å². The molecule has 0 fully saturated rings. The van der Waals surface area contributed by atoms with Crippen molar-refractivity contribution in [1.82, 2.24) is 9.78 Å². The lowest BCUT2D eigenvalue weighted by molar-refractivity contribution is 0.102. The molecule has 5 rings (SSSR count). The van der Waals surface area contributed by atoms with Crippen molar-refractivity contribution in [3.63, 3.8) is 0 Å². The Hall–Kier alpha value is -4.38. The van der Waals surface area contributed by atoms with E-state index in [2.05, 4.69) is 23.5 Å². The Morgan fingerprint density at radius 1 is 0.812 bits per heavy atom. The molecule has 1 amide bonds. The minimum atomic E-state index is -0.191. The second-order valence-corrected chi connectivity index (χ2v) is 7.63. The number of para-hydroxylation sites is 2. The molecule has 0 aliphatic carbocycles. The lowest BCUT2D eigenvalue weighted by Crippen LogP contribution is -2.13. The molecule has 1 aromatic heterocycles. The van der Waals surface area contributed by atoms with Crippen molar-refractivity contribution in [3.05, 3.63) is 114 Å². The highest BCUT2D eigenvalue weighted by atomic mass is 16.1. The van der Waals surface area contributed by atoms with Crippen LogP contribution in [0, 0.1) is 0 Å². The van der Waals surface area contributed by atoms with E-state index < -0.39 is 0 Å². The third kappa shape index (κ3) is 3.84. The number of fused-ring (bicyclic) bond motifs is 1. The molecule has 0 aliphatic heterocycles. The van der Waals surface area contributed by atoms with Gasteiger partial charge < -0.3 is 11.1 Å². The lowest BCUT2D eigenvalue weighted by atomic mass is 10.1. The lowest BCUT2D eigenvalue weighted by Gasteiger charge is -2.10. The van der Waals surface area contributed by atoms with Crippen LogP contribution in [0.1, 0.15) is 15.9 Å². The third-order valence-corrected chi connectivity index (χ3v) is 5.45. The Kier molecular flexibility index (Phi) is 5.14. The average Bonchev–Trinajstić information content (AvgIpc) is 3.19. The fraction of sp³-hybridized carbons (Fsp3) is 0.0370. The zero-order valence-corrected chi connectivity index (χ0v) is 17.4. The normalized spacial score (nSPS) is 10.9. The number of hydrogen-bond donors (Lipinski definition) is 2. The molecule has 0 unspecified atom stereocenters. The summed E-state index contributed by atoms with van der Waals surface area (Å²) < 4.78 is 2.03. The van der Waals surface area contributed by atoms with Crippen molar-refractivity contribution >= 4 is 28.2 Å². The van der Waals surface area contributed by atoms with Gasteiger partial charge in [-0.05, 0) is 35.9 Å². The molecule has 0 bridgehead atoms. The highest BCUT2D eigenvalue weighted by molar-refractivity contribution is 6.05. The predicted molar refractivity (Wildman–Crippen MR) is 130 cm³/mol. The predicted octanol–water partition coefficient (Wildman–Crippen LogP) is 5.59. The van der Waals surface area contributed by atoms with Crippen LogP contribution in [0.3, 0.4) is 0 Å². The van der Waals surface area contributed by atoms with Crippen molar-refractivity contribution in [3.8, 4) is 11.3 Å². The Balaban J connectivity index is 1.42. The highest BCUT2D eigenvalue weighted by Crippen LogP contribution is 2.29. The molecular weight excluding hydrogens is 396 g/mol. The van der Waals surface area contributed by atoms with Gasteiger partial charge in [0.1, 0.15) is 0 Å². The van der Waals surface area contributed by atoms with Gasteiger partial charge in [-0.25, -0.2) is 0 Å². The number of benzene rings is 4. The Labute approximate surface area is 186 Å². The van der Waals surface area contributed by atoms with Crippen LogP contribution < -0.4 is 11.1 Å². The van der Waals surface area contributed by atoms with Gasteiger partial charge in [0.25, 0.3) is 5.91 Å². The zero-order valence-electron chi connectivity index (χ0n) is 17.4. The molecule has 4 aromatic carbocycles. The molecule has 0 spiro atoms.